The average molecular weight is 199 g/mol. The monoisotopic (exact) mass is 199 g/mol. The fourth-order valence-corrected chi connectivity index (χ4v) is 2.48. The van der Waals surface area contributed by atoms with Gasteiger partial charge in [0.15, 0.2) is 0 Å². The van der Waals surface area contributed by atoms with E-state index in [4.69, 9.17) is 9.47 Å². The third kappa shape index (κ3) is 2.47. The van der Waals surface area contributed by atoms with E-state index in [1.54, 1.807) is 0 Å². The summed E-state index contributed by atoms with van der Waals surface area (Å²) in [6, 6.07) is 0.581. The van der Waals surface area contributed by atoms with Gasteiger partial charge in [-0.15, -0.1) is 0 Å². The predicted molar refractivity (Wildman–Crippen MR) is 55.4 cm³/mol. The SMILES string of the molecule is CNC1CCCC1OC1CCOCC1. The van der Waals surface area contributed by atoms with Crippen molar-refractivity contribution >= 4 is 0 Å². The van der Waals surface area contributed by atoms with Crippen molar-refractivity contribution in [1.29, 1.82) is 0 Å². The first kappa shape index (κ1) is 10.4. The molecule has 3 heteroatoms. The van der Waals surface area contributed by atoms with Crippen LogP contribution in [0.4, 0.5) is 0 Å². The molecule has 2 unspecified atom stereocenters. The Morgan fingerprint density at radius 2 is 1.93 bits per heavy atom. The second-order valence-corrected chi connectivity index (χ2v) is 4.31. The number of rotatable bonds is 3. The van der Waals surface area contributed by atoms with E-state index in [2.05, 4.69) is 5.32 Å². The molecule has 2 fully saturated rings. The van der Waals surface area contributed by atoms with Gasteiger partial charge in [-0.25, -0.2) is 0 Å². The highest BCUT2D eigenvalue weighted by atomic mass is 16.5. The van der Waals surface area contributed by atoms with E-state index in [1.807, 2.05) is 7.05 Å². The molecule has 1 saturated carbocycles. The summed E-state index contributed by atoms with van der Waals surface area (Å²) < 4.78 is 11.4. The Kier molecular flexibility index (Phi) is 3.79. The summed E-state index contributed by atoms with van der Waals surface area (Å²) in [4.78, 5) is 0. The van der Waals surface area contributed by atoms with Gasteiger partial charge in [-0.05, 0) is 39.2 Å². The number of hydrogen-bond acceptors (Lipinski definition) is 3. The van der Waals surface area contributed by atoms with Crippen molar-refractivity contribution in [2.75, 3.05) is 20.3 Å². The number of hydrogen-bond donors (Lipinski definition) is 1. The Morgan fingerprint density at radius 1 is 1.14 bits per heavy atom. The molecular weight excluding hydrogens is 178 g/mol. The van der Waals surface area contributed by atoms with Crippen LogP contribution in [0, 0.1) is 0 Å². The molecule has 82 valence electrons. The van der Waals surface area contributed by atoms with E-state index in [-0.39, 0.29) is 0 Å². The van der Waals surface area contributed by atoms with Crippen LogP contribution in [-0.2, 0) is 9.47 Å². The van der Waals surface area contributed by atoms with Crippen molar-refractivity contribution in [2.24, 2.45) is 0 Å². The van der Waals surface area contributed by atoms with Crippen LogP contribution < -0.4 is 5.32 Å². The first-order chi connectivity index (χ1) is 6.90. The lowest BCUT2D eigenvalue weighted by molar-refractivity contribution is -0.0723. The summed E-state index contributed by atoms with van der Waals surface area (Å²) in [5.41, 5.74) is 0. The summed E-state index contributed by atoms with van der Waals surface area (Å²) in [5.74, 6) is 0. The van der Waals surface area contributed by atoms with Crippen LogP contribution in [0.5, 0.6) is 0 Å². The lowest BCUT2D eigenvalue weighted by atomic mass is 10.1. The van der Waals surface area contributed by atoms with Crippen molar-refractivity contribution in [3.05, 3.63) is 0 Å². The van der Waals surface area contributed by atoms with Gasteiger partial charge >= 0.3 is 0 Å². The molecule has 0 amide bonds. The van der Waals surface area contributed by atoms with Gasteiger partial charge in [-0.3, -0.25) is 0 Å². The molecule has 3 nitrogen and oxygen atoms in total. The molecule has 0 bridgehead atoms. The molecule has 2 aliphatic rings. The Bertz CT molecular complexity index is 169. The molecule has 2 atom stereocenters. The predicted octanol–water partition coefficient (Wildman–Crippen LogP) is 1.32. The first-order valence-corrected chi connectivity index (χ1v) is 5.80. The van der Waals surface area contributed by atoms with Gasteiger partial charge in [-0.1, -0.05) is 0 Å². The van der Waals surface area contributed by atoms with E-state index < -0.39 is 0 Å². The minimum absolute atomic E-state index is 0.447. The van der Waals surface area contributed by atoms with Crippen molar-refractivity contribution in [1.82, 2.24) is 5.32 Å². The van der Waals surface area contributed by atoms with Crippen LogP contribution in [0.25, 0.3) is 0 Å². The first-order valence-electron chi connectivity index (χ1n) is 5.80. The molecule has 1 aliphatic carbocycles. The summed E-state index contributed by atoms with van der Waals surface area (Å²) in [7, 11) is 2.04. The highest BCUT2D eigenvalue weighted by Crippen LogP contribution is 2.25. The number of likely N-dealkylation sites (N-methyl/N-ethyl adjacent to an activating group) is 1. The number of nitrogens with one attached hydrogen (secondary N) is 1. The van der Waals surface area contributed by atoms with Crippen LogP contribution in [0.15, 0.2) is 0 Å². The second kappa shape index (κ2) is 5.10. The van der Waals surface area contributed by atoms with Crippen LogP contribution in [0.3, 0.4) is 0 Å². The summed E-state index contributed by atoms with van der Waals surface area (Å²) in [6.45, 7) is 1.75. The van der Waals surface area contributed by atoms with Crippen molar-refractivity contribution in [2.45, 2.75) is 50.4 Å². The van der Waals surface area contributed by atoms with E-state index in [0.717, 1.165) is 26.1 Å². The molecule has 0 aromatic rings. The topological polar surface area (TPSA) is 30.5 Å². The van der Waals surface area contributed by atoms with Gasteiger partial charge in [0.25, 0.3) is 0 Å². The van der Waals surface area contributed by atoms with E-state index in [0.29, 0.717) is 18.2 Å². The molecule has 1 N–H and O–H groups in total. The van der Waals surface area contributed by atoms with Gasteiger partial charge < -0.3 is 14.8 Å². The molecule has 2 rings (SSSR count). The van der Waals surface area contributed by atoms with Crippen molar-refractivity contribution in [3.8, 4) is 0 Å². The maximum Gasteiger partial charge on any atom is 0.0731 e. The summed E-state index contributed by atoms with van der Waals surface area (Å²) >= 11 is 0. The van der Waals surface area contributed by atoms with Crippen LogP contribution >= 0.6 is 0 Å². The van der Waals surface area contributed by atoms with Crippen molar-refractivity contribution < 1.29 is 9.47 Å². The molecular formula is C11H21NO2. The minimum atomic E-state index is 0.447. The molecule has 1 saturated heterocycles. The van der Waals surface area contributed by atoms with Crippen LogP contribution in [0.2, 0.25) is 0 Å². The molecule has 1 heterocycles. The quantitative estimate of drug-likeness (QED) is 0.743. The van der Waals surface area contributed by atoms with Gasteiger partial charge in [0.2, 0.25) is 0 Å². The third-order valence-corrected chi connectivity index (χ3v) is 3.36. The Balaban J connectivity index is 1.77. The Hall–Kier alpha value is -0.120. The summed E-state index contributed by atoms with van der Waals surface area (Å²) in [5, 5.41) is 3.35. The van der Waals surface area contributed by atoms with Gasteiger partial charge in [0, 0.05) is 19.3 Å². The van der Waals surface area contributed by atoms with Crippen LogP contribution in [0.1, 0.15) is 32.1 Å². The smallest absolute Gasteiger partial charge is 0.0731 e. The Labute approximate surface area is 86.2 Å². The normalized spacial score (nSPS) is 34.9. The second-order valence-electron chi connectivity index (χ2n) is 4.31. The molecule has 1 aliphatic heterocycles. The van der Waals surface area contributed by atoms with E-state index in [1.165, 1.54) is 19.3 Å². The standard InChI is InChI=1S/C11H21NO2/c1-12-10-3-2-4-11(10)14-9-5-7-13-8-6-9/h9-12H,2-8H2,1H3. The molecule has 14 heavy (non-hydrogen) atoms. The lowest BCUT2D eigenvalue weighted by Gasteiger charge is -2.28. The maximum absolute atomic E-state index is 6.11. The maximum atomic E-state index is 6.11. The average Bonchev–Trinajstić information content (AvgIpc) is 2.67. The van der Waals surface area contributed by atoms with E-state index in [9.17, 15) is 0 Å². The lowest BCUT2D eigenvalue weighted by Crippen LogP contribution is -2.38. The van der Waals surface area contributed by atoms with Crippen LogP contribution in [-0.4, -0.2) is 38.5 Å². The zero-order valence-electron chi connectivity index (χ0n) is 9.00. The fraction of sp³-hybridized carbons (Fsp3) is 1.00. The molecule has 0 spiro atoms. The van der Waals surface area contributed by atoms with Gasteiger partial charge in [-0.2, -0.15) is 0 Å². The molecule has 0 aromatic heterocycles. The largest absolute Gasteiger partial charge is 0.381 e. The molecule has 0 aromatic carbocycles. The molecule has 0 radical (unpaired) electrons. The minimum Gasteiger partial charge on any atom is -0.381 e. The van der Waals surface area contributed by atoms with Crippen molar-refractivity contribution in [3.63, 3.8) is 0 Å². The third-order valence-electron chi connectivity index (χ3n) is 3.36. The Morgan fingerprint density at radius 3 is 2.64 bits per heavy atom. The zero-order chi connectivity index (χ0) is 9.80. The van der Waals surface area contributed by atoms with Gasteiger partial charge in [0.05, 0.1) is 12.2 Å². The summed E-state index contributed by atoms with van der Waals surface area (Å²) in [6.07, 6.45) is 6.85. The fourth-order valence-electron chi connectivity index (χ4n) is 2.48. The highest BCUT2D eigenvalue weighted by Gasteiger charge is 2.29. The zero-order valence-corrected chi connectivity index (χ0v) is 9.00. The number of ether oxygens (including phenoxy) is 2. The van der Waals surface area contributed by atoms with E-state index >= 15 is 0 Å². The van der Waals surface area contributed by atoms with Gasteiger partial charge in [0.1, 0.15) is 0 Å². The highest BCUT2D eigenvalue weighted by molar-refractivity contribution is 4.84.